The zero-order chi connectivity index (χ0) is 40.1. The number of allylic oxidation sites excluding steroid dienone is 9. The molecule has 6 rings (SSSR count). The highest BCUT2D eigenvalue weighted by Gasteiger charge is 2.39. The molecule has 0 aliphatic heterocycles. The Labute approximate surface area is 307 Å². The van der Waals surface area contributed by atoms with Crippen LogP contribution in [0.2, 0.25) is 0 Å². The van der Waals surface area contributed by atoms with E-state index < -0.39 is 58.1 Å². The van der Waals surface area contributed by atoms with Crippen LogP contribution in [0.5, 0.6) is 0 Å². The SMILES string of the molecule is CC1=CC(=C=c2cc(-c3cc(C(F)(F)F)cc(C(F)(F)F)c3)c(=C3C=CC=CC3)c(-c3cc(C(F)(F)F)cc(C(F)(F)F)c3)c2)[CH+]C(C)=C1c1ccccc1. The lowest BCUT2D eigenvalue weighted by molar-refractivity contribution is -0.144. The zero-order valence-electron chi connectivity index (χ0n) is 28.7. The smallest absolute Gasteiger partial charge is 0.166 e. The van der Waals surface area contributed by atoms with Crippen LogP contribution in [-0.2, 0) is 24.7 Å². The number of hydrogen-bond acceptors (Lipinski definition) is 0. The minimum atomic E-state index is -5.26. The molecule has 4 aromatic carbocycles. The van der Waals surface area contributed by atoms with Crippen molar-refractivity contribution in [1.29, 1.82) is 0 Å². The summed E-state index contributed by atoms with van der Waals surface area (Å²) in [6.07, 6.45) is -11.5. The summed E-state index contributed by atoms with van der Waals surface area (Å²) in [6, 6.07) is 13.5. The molecule has 0 N–H and O–H groups in total. The number of halogens is 12. The van der Waals surface area contributed by atoms with E-state index in [2.05, 4.69) is 5.73 Å². The van der Waals surface area contributed by atoms with E-state index in [0.717, 1.165) is 22.3 Å². The van der Waals surface area contributed by atoms with Gasteiger partial charge in [-0.2, -0.15) is 52.7 Å². The second-order valence-electron chi connectivity index (χ2n) is 13.0. The van der Waals surface area contributed by atoms with Crippen LogP contribution in [0.3, 0.4) is 0 Å². The molecule has 282 valence electrons. The average molecular weight is 772 g/mol. The molecule has 0 nitrogen and oxygen atoms in total. The number of hydrogen-bond donors (Lipinski definition) is 0. The van der Waals surface area contributed by atoms with Gasteiger partial charge in [-0.15, -0.1) is 0 Å². The summed E-state index contributed by atoms with van der Waals surface area (Å²) in [5.41, 5.74) is -1.51. The molecule has 12 heteroatoms. The molecule has 0 amide bonds. The molecule has 0 saturated carbocycles. The second-order valence-corrected chi connectivity index (χ2v) is 13.0. The molecule has 0 bridgehead atoms. The van der Waals surface area contributed by atoms with Crippen LogP contribution in [-0.4, -0.2) is 0 Å². The first-order valence-corrected chi connectivity index (χ1v) is 16.5. The Kier molecular flexibility index (Phi) is 10.1. The predicted octanol–water partition coefficient (Wildman–Crippen LogP) is 12.7. The van der Waals surface area contributed by atoms with Crippen LogP contribution in [0, 0.1) is 6.42 Å². The molecule has 0 fully saturated rings. The Hall–Kier alpha value is -5.61. The summed E-state index contributed by atoms with van der Waals surface area (Å²) in [6.45, 7) is 3.62. The molecule has 0 heterocycles. The Bertz CT molecular complexity index is 2290. The van der Waals surface area contributed by atoms with Crippen LogP contribution >= 0.6 is 0 Å². The van der Waals surface area contributed by atoms with Gasteiger partial charge in [-0.1, -0.05) is 42.5 Å². The summed E-state index contributed by atoms with van der Waals surface area (Å²) in [4.78, 5) is 0. The van der Waals surface area contributed by atoms with Gasteiger partial charge in [0.2, 0.25) is 0 Å². The van der Waals surface area contributed by atoms with Gasteiger partial charge >= 0.3 is 24.7 Å². The fourth-order valence-electron chi connectivity index (χ4n) is 6.70. The molecule has 0 spiro atoms. The maximum absolute atomic E-state index is 14.1. The van der Waals surface area contributed by atoms with Crippen LogP contribution in [0.15, 0.2) is 126 Å². The van der Waals surface area contributed by atoms with E-state index in [0.29, 0.717) is 29.8 Å². The summed E-state index contributed by atoms with van der Waals surface area (Å²) in [7, 11) is 0. The lowest BCUT2D eigenvalue weighted by Crippen LogP contribution is -2.20. The van der Waals surface area contributed by atoms with Crippen LogP contribution in [0.1, 0.15) is 48.1 Å². The Balaban J connectivity index is 1.79. The van der Waals surface area contributed by atoms with Crippen molar-refractivity contribution in [3.05, 3.63) is 171 Å². The molecule has 0 saturated heterocycles. The first-order valence-electron chi connectivity index (χ1n) is 16.5. The van der Waals surface area contributed by atoms with Crippen molar-refractivity contribution in [1.82, 2.24) is 0 Å². The third kappa shape index (κ3) is 8.55. The Morgan fingerprint density at radius 1 is 0.564 bits per heavy atom. The highest BCUT2D eigenvalue weighted by atomic mass is 19.4. The number of benzene rings is 4. The zero-order valence-corrected chi connectivity index (χ0v) is 28.7. The monoisotopic (exact) mass is 771 g/mol. The van der Waals surface area contributed by atoms with Gasteiger partial charge in [0.05, 0.1) is 33.0 Å². The topological polar surface area (TPSA) is 0 Å². The first-order chi connectivity index (χ1) is 25.6. The molecule has 0 radical (unpaired) electrons. The molecular formula is C43H27F12+. The van der Waals surface area contributed by atoms with Gasteiger partial charge in [-0.05, 0) is 114 Å². The third-order valence-corrected chi connectivity index (χ3v) is 9.02. The van der Waals surface area contributed by atoms with Gasteiger partial charge in [-0.25, -0.2) is 0 Å². The second kappa shape index (κ2) is 14.2. The van der Waals surface area contributed by atoms with E-state index in [-0.39, 0.29) is 45.7 Å². The molecule has 2 aliphatic carbocycles. The van der Waals surface area contributed by atoms with Crippen molar-refractivity contribution in [2.45, 2.75) is 45.0 Å². The fourth-order valence-corrected chi connectivity index (χ4v) is 6.70. The summed E-state index contributed by atoms with van der Waals surface area (Å²) >= 11 is 0. The van der Waals surface area contributed by atoms with Gasteiger partial charge in [0.25, 0.3) is 0 Å². The van der Waals surface area contributed by atoms with Gasteiger partial charge < -0.3 is 0 Å². The van der Waals surface area contributed by atoms with E-state index in [1.165, 1.54) is 24.3 Å². The van der Waals surface area contributed by atoms with Crippen LogP contribution in [0.4, 0.5) is 52.7 Å². The van der Waals surface area contributed by atoms with E-state index in [1.54, 1.807) is 24.6 Å². The third-order valence-electron chi connectivity index (χ3n) is 9.02. The first kappa shape index (κ1) is 39.1. The summed E-state index contributed by atoms with van der Waals surface area (Å²) in [5.74, 6) is 0. The summed E-state index contributed by atoms with van der Waals surface area (Å²) in [5, 5.41) is -0.189. The highest BCUT2D eigenvalue weighted by molar-refractivity contribution is 5.86. The van der Waals surface area contributed by atoms with E-state index in [4.69, 9.17) is 0 Å². The molecule has 55 heavy (non-hydrogen) atoms. The van der Waals surface area contributed by atoms with Gasteiger partial charge in [0, 0.05) is 34.9 Å². The lowest BCUT2D eigenvalue weighted by Gasteiger charge is -2.19. The van der Waals surface area contributed by atoms with Gasteiger partial charge in [0.15, 0.2) is 0 Å². The van der Waals surface area contributed by atoms with Crippen molar-refractivity contribution in [2.75, 3.05) is 0 Å². The standard InChI is InChI=1S/C43H27F12/c1-24-13-26(14-25(2)38(24)28-9-5-3-6-10-28)15-27-16-36(30-18-32(40(44,45)46)22-33(19-30)41(47,48)49)39(29-11-7-4-8-12-29)37(17-27)31-20-34(42(50,51)52)23-35(21-31)43(53,54)55/h3-11,13-14,16-23H,12H2,1-2H3/q+1. The fraction of sp³-hybridized carbons (Fsp3) is 0.163. The molecule has 0 aromatic heterocycles. The van der Waals surface area contributed by atoms with Crippen LogP contribution < -0.4 is 10.4 Å². The van der Waals surface area contributed by atoms with E-state index in [9.17, 15) is 52.7 Å². The van der Waals surface area contributed by atoms with Crippen molar-refractivity contribution in [3.63, 3.8) is 0 Å². The highest BCUT2D eigenvalue weighted by Crippen LogP contribution is 2.41. The number of rotatable bonds is 3. The van der Waals surface area contributed by atoms with Gasteiger partial charge in [0.1, 0.15) is 5.57 Å². The summed E-state index contributed by atoms with van der Waals surface area (Å²) < 4.78 is 170. The Morgan fingerprint density at radius 2 is 1.04 bits per heavy atom. The molecule has 2 aliphatic rings. The predicted molar refractivity (Wildman–Crippen MR) is 187 cm³/mol. The number of alkyl halides is 12. The van der Waals surface area contributed by atoms with Crippen molar-refractivity contribution in [3.8, 4) is 22.3 Å². The van der Waals surface area contributed by atoms with E-state index >= 15 is 0 Å². The largest absolute Gasteiger partial charge is 0.416 e. The van der Waals surface area contributed by atoms with Gasteiger partial charge in [-0.3, -0.25) is 0 Å². The van der Waals surface area contributed by atoms with Crippen LogP contribution in [0.25, 0.3) is 39.1 Å². The maximum Gasteiger partial charge on any atom is 0.416 e. The van der Waals surface area contributed by atoms with Crippen molar-refractivity contribution < 1.29 is 52.7 Å². The van der Waals surface area contributed by atoms with Crippen molar-refractivity contribution >= 4 is 16.9 Å². The Morgan fingerprint density at radius 3 is 1.44 bits per heavy atom. The lowest BCUT2D eigenvalue weighted by atomic mass is 9.85. The van der Waals surface area contributed by atoms with E-state index in [1.807, 2.05) is 44.2 Å². The molecule has 0 atom stereocenters. The van der Waals surface area contributed by atoms with Crippen molar-refractivity contribution in [2.24, 2.45) is 0 Å². The normalized spacial score (nSPS) is 15.3. The molecular weight excluding hydrogens is 744 g/mol. The average Bonchev–Trinajstić information content (AvgIpc) is 3.10. The molecule has 4 aromatic rings. The quantitative estimate of drug-likeness (QED) is 0.144. The minimum absolute atomic E-state index is 0.00120. The maximum atomic E-state index is 14.1. The minimum Gasteiger partial charge on any atom is -0.166 e. The molecule has 0 unspecified atom stereocenters.